The van der Waals surface area contributed by atoms with Gasteiger partial charge in [-0.05, 0) is 56.6 Å². The van der Waals surface area contributed by atoms with Crippen LogP contribution in [0.1, 0.15) is 32.7 Å². The average molecular weight is 550 g/mol. The maximum Gasteiger partial charge on any atom is 0.235 e. The number of likely N-dealkylation sites (N-methyl/N-ethyl adjacent to an activating group) is 1. The van der Waals surface area contributed by atoms with Crippen LogP contribution in [-0.2, 0) is 25.6 Å². The standard InChI is InChI=1S/C27H27N5O8/c1-32(2)21-14-8-11-7-13-12(16(34)9-30-17-5-6-29-10-31-17)3-4-15(33)19(13)22(35)18(11)24(37)27(14,40)25(38)20(23(21)36)26(28)39/h3-6,10-11,14,18,20-21,33,40H,7-9H2,1-2H3,(H2,28,39)(H,29,30,31)/t11-,14-,18?,20?,21+,27-/m0/s1. The number of aromatic nitrogens is 2. The van der Waals surface area contributed by atoms with Crippen LogP contribution in [0.5, 0.6) is 5.75 Å². The first kappa shape index (κ1) is 27.2. The molecule has 1 amide bonds. The average Bonchev–Trinajstić information content (AvgIpc) is 2.89. The number of hydrogen-bond acceptors (Lipinski definition) is 12. The zero-order valence-corrected chi connectivity index (χ0v) is 21.7. The largest absolute Gasteiger partial charge is 0.507 e. The Bertz CT molecular complexity index is 1470. The summed E-state index contributed by atoms with van der Waals surface area (Å²) < 4.78 is 0. The Kier molecular flexibility index (Phi) is 6.59. The van der Waals surface area contributed by atoms with Gasteiger partial charge in [0.2, 0.25) is 5.91 Å². The third-order valence-corrected chi connectivity index (χ3v) is 8.26. The van der Waals surface area contributed by atoms with Crippen LogP contribution >= 0.6 is 0 Å². The SMILES string of the molecule is CN(C)[C@H]1C(=O)C(C(N)=O)C(=O)[C@@]2(O)C(=O)C3C(=O)c4c(O)ccc(C(=O)CNc5ccncn5)c4C[C@H]3C[C@@H]12. The molecule has 1 aromatic carbocycles. The van der Waals surface area contributed by atoms with Crippen molar-refractivity contribution < 1.29 is 39.0 Å². The first-order chi connectivity index (χ1) is 18.9. The predicted molar refractivity (Wildman–Crippen MR) is 136 cm³/mol. The van der Waals surface area contributed by atoms with Crippen LogP contribution in [0.2, 0.25) is 0 Å². The van der Waals surface area contributed by atoms with Gasteiger partial charge in [-0.1, -0.05) is 0 Å². The fraction of sp³-hybridized carbons (Fsp3) is 0.407. The molecule has 5 N–H and O–H groups in total. The minimum atomic E-state index is -2.80. The zero-order chi connectivity index (χ0) is 29.1. The number of nitrogens with two attached hydrogens (primary N) is 1. The van der Waals surface area contributed by atoms with E-state index in [1.165, 1.54) is 43.7 Å². The Labute approximate surface area is 227 Å². The number of rotatable bonds is 6. The monoisotopic (exact) mass is 549 g/mol. The van der Waals surface area contributed by atoms with Crippen LogP contribution in [0.3, 0.4) is 0 Å². The Morgan fingerprint density at radius 1 is 1.15 bits per heavy atom. The predicted octanol–water partition coefficient (Wildman–Crippen LogP) is -1.05. The Hall–Kier alpha value is -4.36. The van der Waals surface area contributed by atoms with Crippen molar-refractivity contribution in [2.75, 3.05) is 26.0 Å². The van der Waals surface area contributed by atoms with E-state index in [1.54, 1.807) is 6.07 Å². The van der Waals surface area contributed by atoms with Crippen LogP contribution < -0.4 is 11.1 Å². The molecule has 13 nitrogen and oxygen atoms in total. The summed E-state index contributed by atoms with van der Waals surface area (Å²) in [5.74, 6) is -11.5. The molecule has 2 saturated carbocycles. The second-order valence-corrected chi connectivity index (χ2v) is 10.6. The summed E-state index contributed by atoms with van der Waals surface area (Å²) in [6, 6.07) is 2.93. The summed E-state index contributed by atoms with van der Waals surface area (Å²) in [4.78, 5) is 88.5. The molecule has 1 heterocycles. The van der Waals surface area contributed by atoms with Gasteiger partial charge in [-0.25, -0.2) is 9.97 Å². The lowest BCUT2D eigenvalue weighted by Crippen LogP contribution is -2.74. The van der Waals surface area contributed by atoms with E-state index >= 15 is 0 Å². The van der Waals surface area contributed by atoms with Crippen LogP contribution in [-0.4, -0.2) is 92.2 Å². The number of primary amides is 1. The van der Waals surface area contributed by atoms with Gasteiger partial charge in [-0.2, -0.15) is 0 Å². The van der Waals surface area contributed by atoms with Crippen molar-refractivity contribution >= 4 is 40.6 Å². The number of ketones is 5. The number of Topliss-reactive ketones (excluding diaryl/α,β-unsaturated/α-hetero) is 5. The van der Waals surface area contributed by atoms with Crippen LogP contribution in [0, 0.1) is 23.7 Å². The van der Waals surface area contributed by atoms with E-state index in [0.717, 1.165) is 0 Å². The molecule has 6 atom stereocenters. The van der Waals surface area contributed by atoms with E-state index in [1.807, 2.05) is 0 Å². The highest BCUT2D eigenvalue weighted by atomic mass is 16.3. The molecule has 0 radical (unpaired) electrons. The maximum atomic E-state index is 13.8. The van der Waals surface area contributed by atoms with E-state index < -0.39 is 75.9 Å². The fourth-order valence-electron chi connectivity index (χ4n) is 6.53. The number of nitrogens with zero attached hydrogens (tertiary/aromatic N) is 3. The van der Waals surface area contributed by atoms with E-state index in [4.69, 9.17) is 5.73 Å². The van der Waals surface area contributed by atoms with Crippen molar-refractivity contribution in [2.45, 2.75) is 24.5 Å². The van der Waals surface area contributed by atoms with Crippen LogP contribution in [0.4, 0.5) is 5.82 Å². The number of hydrogen-bond donors (Lipinski definition) is 4. The number of anilines is 1. The van der Waals surface area contributed by atoms with Gasteiger partial charge in [-0.15, -0.1) is 0 Å². The number of aliphatic hydroxyl groups is 1. The Balaban J connectivity index is 1.55. The lowest BCUT2D eigenvalue weighted by atomic mass is 9.52. The first-order valence-corrected chi connectivity index (χ1v) is 12.6. The third-order valence-electron chi connectivity index (χ3n) is 8.26. The number of fused-ring (bicyclic) bond motifs is 3. The molecule has 0 saturated heterocycles. The summed E-state index contributed by atoms with van der Waals surface area (Å²) in [6.07, 6.45) is 2.69. The molecule has 3 aliphatic carbocycles. The molecule has 5 rings (SSSR count). The minimum Gasteiger partial charge on any atom is -0.507 e. The number of carbonyl (C=O) groups is 6. The molecular formula is C27H27N5O8. The number of aromatic hydroxyl groups is 1. The molecule has 208 valence electrons. The smallest absolute Gasteiger partial charge is 0.235 e. The number of carbonyl (C=O) groups excluding carboxylic acids is 6. The van der Waals surface area contributed by atoms with Crippen molar-refractivity contribution in [1.82, 2.24) is 14.9 Å². The van der Waals surface area contributed by atoms with Gasteiger partial charge in [0.1, 0.15) is 17.9 Å². The Morgan fingerprint density at radius 3 is 2.50 bits per heavy atom. The molecule has 2 aromatic rings. The molecule has 3 aliphatic rings. The number of benzene rings is 1. The quantitative estimate of drug-likeness (QED) is 0.251. The summed E-state index contributed by atoms with van der Waals surface area (Å²) in [6.45, 7) is -0.183. The topological polar surface area (TPSA) is 210 Å². The summed E-state index contributed by atoms with van der Waals surface area (Å²) in [5, 5.41) is 25.1. The molecule has 2 fully saturated rings. The Morgan fingerprint density at radius 2 is 1.88 bits per heavy atom. The third kappa shape index (κ3) is 3.92. The summed E-state index contributed by atoms with van der Waals surface area (Å²) >= 11 is 0. The second kappa shape index (κ2) is 9.68. The fourth-order valence-corrected chi connectivity index (χ4v) is 6.53. The van der Waals surface area contributed by atoms with Gasteiger partial charge >= 0.3 is 0 Å². The molecule has 2 unspecified atom stereocenters. The number of phenolic OH excluding ortho intramolecular Hbond substituents is 1. The van der Waals surface area contributed by atoms with Crippen LogP contribution in [0.25, 0.3) is 0 Å². The highest BCUT2D eigenvalue weighted by Crippen LogP contribution is 2.51. The molecule has 0 spiro atoms. The number of amides is 1. The molecule has 40 heavy (non-hydrogen) atoms. The van der Waals surface area contributed by atoms with Gasteiger partial charge in [0.05, 0.1) is 24.1 Å². The van der Waals surface area contributed by atoms with Gasteiger partial charge in [0.25, 0.3) is 0 Å². The van der Waals surface area contributed by atoms with Crippen molar-refractivity contribution in [1.29, 1.82) is 0 Å². The number of nitrogens with one attached hydrogen (secondary N) is 1. The normalized spacial score (nSPS) is 29.4. The molecule has 0 bridgehead atoms. The lowest BCUT2D eigenvalue weighted by molar-refractivity contribution is -0.181. The molecular weight excluding hydrogens is 522 g/mol. The highest BCUT2D eigenvalue weighted by molar-refractivity contribution is 6.32. The van der Waals surface area contributed by atoms with Crippen molar-refractivity contribution in [3.05, 3.63) is 47.4 Å². The van der Waals surface area contributed by atoms with E-state index in [2.05, 4.69) is 15.3 Å². The van der Waals surface area contributed by atoms with E-state index in [0.29, 0.717) is 5.82 Å². The van der Waals surface area contributed by atoms with E-state index in [-0.39, 0.29) is 36.1 Å². The molecule has 0 aliphatic heterocycles. The van der Waals surface area contributed by atoms with Gasteiger partial charge in [0, 0.05) is 17.7 Å². The van der Waals surface area contributed by atoms with Crippen LogP contribution in [0.15, 0.2) is 30.7 Å². The second-order valence-electron chi connectivity index (χ2n) is 10.6. The van der Waals surface area contributed by atoms with Crippen molar-refractivity contribution in [2.24, 2.45) is 29.4 Å². The lowest BCUT2D eigenvalue weighted by Gasteiger charge is -2.52. The molecule has 1 aromatic heterocycles. The zero-order valence-electron chi connectivity index (χ0n) is 21.7. The first-order valence-electron chi connectivity index (χ1n) is 12.6. The van der Waals surface area contributed by atoms with Crippen molar-refractivity contribution in [3.63, 3.8) is 0 Å². The maximum absolute atomic E-state index is 13.8. The van der Waals surface area contributed by atoms with Gasteiger partial charge in [-0.3, -0.25) is 33.7 Å². The van der Waals surface area contributed by atoms with Gasteiger partial charge in [0.15, 0.2) is 40.4 Å². The summed E-state index contributed by atoms with van der Waals surface area (Å²) in [5.41, 5.74) is 2.67. The van der Waals surface area contributed by atoms with Gasteiger partial charge < -0.3 is 21.3 Å². The minimum absolute atomic E-state index is 0.00514. The molecule has 13 heteroatoms. The summed E-state index contributed by atoms with van der Waals surface area (Å²) in [7, 11) is 3.02. The number of phenols is 1. The van der Waals surface area contributed by atoms with E-state index in [9.17, 15) is 39.0 Å². The van der Waals surface area contributed by atoms with Crippen molar-refractivity contribution in [3.8, 4) is 5.75 Å². The highest BCUT2D eigenvalue weighted by Gasteiger charge is 2.69.